The van der Waals surface area contributed by atoms with E-state index in [9.17, 15) is 9.59 Å². The molecule has 1 aliphatic rings. The molecule has 0 radical (unpaired) electrons. The number of carbonyl (C=O) groups is 2. The molecule has 0 saturated carbocycles. The summed E-state index contributed by atoms with van der Waals surface area (Å²) in [6.45, 7) is 0.592. The van der Waals surface area contributed by atoms with E-state index in [0.29, 0.717) is 29.3 Å². The first-order chi connectivity index (χ1) is 12.0. The summed E-state index contributed by atoms with van der Waals surface area (Å²) < 4.78 is 17.0. The third-order valence-corrected chi connectivity index (χ3v) is 4.09. The smallest absolute Gasteiger partial charge is 0.287 e. The predicted octanol–water partition coefficient (Wildman–Crippen LogP) is 2.07. The van der Waals surface area contributed by atoms with E-state index >= 15 is 0 Å². The molecule has 2 heterocycles. The molecule has 0 bridgehead atoms. The van der Waals surface area contributed by atoms with Crippen molar-refractivity contribution in [3.05, 3.63) is 46.8 Å². The molecule has 2 aromatic rings. The van der Waals surface area contributed by atoms with Gasteiger partial charge >= 0.3 is 0 Å². The van der Waals surface area contributed by atoms with Gasteiger partial charge in [-0.3, -0.25) is 9.59 Å². The third kappa shape index (κ3) is 4.33. The minimum Gasteiger partial charge on any atom is -0.486 e. The molecule has 3 rings (SSSR count). The van der Waals surface area contributed by atoms with Gasteiger partial charge in [-0.25, -0.2) is 0 Å². The van der Waals surface area contributed by atoms with Crippen LogP contribution in [-0.4, -0.2) is 49.6 Å². The van der Waals surface area contributed by atoms with Gasteiger partial charge in [0.05, 0.1) is 13.1 Å². The van der Waals surface area contributed by atoms with Crippen LogP contribution >= 0.6 is 15.9 Å². The topological polar surface area (TPSA) is 81.0 Å². The van der Waals surface area contributed by atoms with E-state index in [-0.39, 0.29) is 24.3 Å². The number of nitrogens with one attached hydrogen (secondary N) is 1. The highest BCUT2D eigenvalue weighted by molar-refractivity contribution is 9.10. The Hall–Kier alpha value is -2.48. The Morgan fingerprint density at radius 3 is 2.72 bits per heavy atom. The number of benzene rings is 1. The summed E-state index contributed by atoms with van der Waals surface area (Å²) in [4.78, 5) is 25.5. The van der Waals surface area contributed by atoms with Crippen LogP contribution in [0.4, 0.5) is 0 Å². The number of nitrogens with zero attached hydrogens (tertiary/aromatic N) is 1. The fraction of sp³-hybridized carbons (Fsp3) is 0.294. The molecule has 7 nitrogen and oxygen atoms in total. The Kier molecular flexibility index (Phi) is 5.28. The first-order valence-corrected chi connectivity index (χ1v) is 8.48. The maximum Gasteiger partial charge on any atom is 0.287 e. The van der Waals surface area contributed by atoms with E-state index in [1.165, 1.54) is 11.0 Å². The van der Waals surface area contributed by atoms with Crippen LogP contribution in [0.3, 0.4) is 0 Å². The van der Waals surface area contributed by atoms with E-state index in [4.69, 9.17) is 13.9 Å². The highest BCUT2D eigenvalue weighted by atomic mass is 79.9. The monoisotopic (exact) mass is 408 g/mol. The van der Waals surface area contributed by atoms with Gasteiger partial charge in [-0.15, -0.1) is 0 Å². The lowest BCUT2D eigenvalue weighted by molar-refractivity contribution is -0.130. The second-order valence-electron chi connectivity index (χ2n) is 5.56. The van der Waals surface area contributed by atoms with Crippen molar-refractivity contribution in [1.29, 1.82) is 0 Å². The summed E-state index contributed by atoms with van der Waals surface area (Å²) in [5, 5.41) is 2.53. The van der Waals surface area contributed by atoms with Gasteiger partial charge in [0.25, 0.3) is 5.91 Å². The summed E-state index contributed by atoms with van der Waals surface area (Å²) in [5.74, 6) is 0.823. The molecule has 132 valence electrons. The van der Waals surface area contributed by atoms with E-state index in [1.807, 2.05) is 24.3 Å². The van der Waals surface area contributed by atoms with Gasteiger partial charge in [0.2, 0.25) is 5.91 Å². The van der Waals surface area contributed by atoms with Gasteiger partial charge in [-0.1, -0.05) is 12.1 Å². The molecule has 8 heteroatoms. The molecule has 2 amide bonds. The lowest BCUT2D eigenvalue weighted by atomic mass is 10.2. The Labute approximate surface area is 153 Å². The van der Waals surface area contributed by atoms with Crippen molar-refractivity contribution in [1.82, 2.24) is 10.2 Å². The predicted molar refractivity (Wildman–Crippen MR) is 92.7 cm³/mol. The molecule has 0 spiro atoms. The lowest BCUT2D eigenvalue weighted by Gasteiger charge is -2.29. The van der Waals surface area contributed by atoms with Crippen LogP contribution in [0.2, 0.25) is 0 Å². The first kappa shape index (κ1) is 17.3. The van der Waals surface area contributed by atoms with Gasteiger partial charge in [0.1, 0.15) is 6.61 Å². The zero-order valence-electron chi connectivity index (χ0n) is 13.5. The molecule has 1 aromatic carbocycles. The number of ether oxygens (including phenoxy) is 2. The number of halogens is 1. The summed E-state index contributed by atoms with van der Waals surface area (Å²) >= 11 is 3.12. The molecule has 1 aromatic heterocycles. The SMILES string of the molecule is CN(CC1COc2ccccc2O1)C(=O)CNC(=O)c1ccc(Br)o1. The zero-order valence-corrected chi connectivity index (χ0v) is 15.1. The molecule has 1 aliphatic heterocycles. The normalized spacial score (nSPS) is 15.5. The zero-order chi connectivity index (χ0) is 17.8. The average Bonchev–Trinajstić information content (AvgIpc) is 3.05. The van der Waals surface area contributed by atoms with Crippen LogP contribution in [0.25, 0.3) is 0 Å². The average molecular weight is 409 g/mol. The first-order valence-electron chi connectivity index (χ1n) is 7.69. The Morgan fingerprint density at radius 2 is 2.00 bits per heavy atom. The minimum atomic E-state index is -0.446. The van der Waals surface area contributed by atoms with Crippen molar-refractivity contribution in [3.63, 3.8) is 0 Å². The van der Waals surface area contributed by atoms with Crippen molar-refractivity contribution in [2.24, 2.45) is 0 Å². The second kappa shape index (κ2) is 7.60. The maximum atomic E-state index is 12.2. The summed E-state index contributed by atoms with van der Waals surface area (Å²) in [6.07, 6.45) is -0.263. The fourth-order valence-electron chi connectivity index (χ4n) is 2.37. The number of rotatable bonds is 5. The van der Waals surface area contributed by atoms with Gasteiger partial charge < -0.3 is 24.1 Å². The molecule has 25 heavy (non-hydrogen) atoms. The van der Waals surface area contributed by atoms with Crippen molar-refractivity contribution >= 4 is 27.7 Å². The highest BCUT2D eigenvalue weighted by Gasteiger charge is 2.24. The van der Waals surface area contributed by atoms with Gasteiger partial charge in [-0.05, 0) is 40.2 Å². The quantitative estimate of drug-likeness (QED) is 0.818. The number of para-hydroxylation sites is 2. The summed E-state index contributed by atoms with van der Waals surface area (Å²) in [7, 11) is 1.65. The van der Waals surface area contributed by atoms with Crippen molar-refractivity contribution < 1.29 is 23.5 Å². The van der Waals surface area contributed by atoms with Crippen LogP contribution in [-0.2, 0) is 4.79 Å². The Balaban J connectivity index is 1.47. The van der Waals surface area contributed by atoms with Crippen LogP contribution in [0.1, 0.15) is 10.6 Å². The van der Waals surface area contributed by atoms with E-state index in [0.717, 1.165) is 0 Å². The molecule has 0 aliphatic carbocycles. The van der Waals surface area contributed by atoms with Crippen molar-refractivity contribution in [2.45, 2.75) is 6.10 Å². The van der Waals surface area contributed by atoms with Crippen molar-refractivity contribution in [3.8, 4) is 11.5 Å². The lowest BCUT2D eigenvalue weighted by Crippen LogP contribution is -2.45. The number of likely N-dealkylation sites (N-methyl/N-ethyl adjacent to an activating group) is 1. The molecular weight excluding hydrogens is 392 g/mol. The molecule has 1 N–H and O–H groups in total. The van der Waals surface area contributed by atoms with E-state index in [1.54, 1.807) is 13.1 Å². The molecule has 0 fully saturated rings. The molecule has 0 saturated heterocycles. The largest absolute Gasteiger partial charge is 0.486 e. The standard InChI is InChI=1S/C17H17BrN2O5/c1-20(9-11-10-23-12-4-2-3-5-13(12)24-11)16(21)8-19-17(22)14-6-7-15(18)25-14/h2-7,11H,8-10H2,1H3,(H,19,22). The number of hydrogen-bond donors (Lipinski definition) is 1. The molecule has 1 atom stereocenters. The molecular formula is C17H17BrN2O5. The van der Waals surface area contributed by atoms with Crippen LogP contribution in [0, 0.1) is 0 Å². The van der Waals surface area contributed by atoms with Gasteiger partial charge in [0.15, 0.2) is 28.0 Å². The number of fused-ring (bicyclic) bond motifs is 1. The van der Waals surface area contributed by atoms with Gasteiger partial charge in [-0.2, -0.15) is 0 Å². The van der Waals surface area contributed by atoms with Crippen LogP contribution < -0.4 is 14.8 Å². The summed E-state index contributed by atoms with van der Waals surface area (Å²) in [5.41, 5.74) is 0. The number of carbonyl (C=O) groups excluding carboxylic acids is 2. The van der Waals surface area contributed by atoms with Crippen LogP contribution in [0.15, 0.2) is 45.5 Å². The van der Waals surface area contributed by atoms with E-state index < -0.39 is 5.91 Å². The van der Waals surface area contributed by atoms with E-state index in [2.05, 4.69) is 21.2 Å². The summed E-state index contributed by atoms with van der Waals surface area (Å²) in [6, 6.07) is 10.5. The fourth-order valence-corrected chi connectivity index (χ4v) is 2.68. The number of hydrogen-bond acceptors (Lipinski definition) is 5. The number of amides is 2. The Morgan fingerprint density at radius 1 is 1.24 bits per heavy atom. The van der Waals surface area contributed by atoms with Gasteiger partial charge in [0, 0.05) is 7.05 Å². The third-order valence-electron chi connectivity index (χ3n) is 3.67. The minimum absolute atomic E-state index is 0.127. The molecule has 1 unspecified atom stereocenters. The van der Waals surface area contributed by atoms with Crippen LogP contribution in [0.5, 0.6) is 11.5 Å². The van der Waals surface area contributed by atoms with Crippen molar-refractivity contribution in [2.75, 3.05) is 26.7 Å². The second-order valence-corrected chi connectivity index (χ2v) is 6.34. The number of furan rings is 1. The highest BCUT2D eigenvalue weighted by Crippen LogP contribution is 2.30. The maximum absolute atomic E-state index is 12.2. The Bertz CT molecular complexity index is 776.